The second-order valence-electron chi connectivity index (χ2n) is 4.15. The van der Waals surface area contributed by atoms with Crippen LogP contribution in [0, 0.1) is 6.92 Å². The van der Waals surface area contributed by atoms with Gasteiger partial charge in [-0.15, -0.1) is 0 Å². The summed E-state index contributed by atoms with van der Waals surface area (Å²) < 4.78 is 0.547. The van der Waals surface area contributed by atoms with Gasteiger partial charge in [0.25, 0.3) is 0 Å². The maximum absolute atomic E-state index is 12.1. The van der Waals surface area contributed by atoms with Crippen LogP contribution in [0.1, 0.15) is 15.9 Å². The highest BCUT2D eigenvalue weighted by atomic mass is 32.2. The second-order valence-corrected chi connectivity index (χ2v) is 5.81. The van der Waals surface area contributed by atoms with Crippen LogP contribution in [0.5, 0.6) is 0 Å². The number of pyridine rings is 1. The summed E-state index contributed by atoms with van der Waals surface area (Å²) in [5, 5.41) is 2.99. The Balaban J connectivity index is 1.88. The monoisotopic (exact) mass is 302 g/mol. The molecule has 1 N–H and O–H groups in total. The molecular weight excluding hydrogens is 288 g/mol. The first-order valence-corrected chi connectivity index (χ1v) is 7.50. The number of ketones is 1. The summed E-state index contributed by atoms with van der Waals surface area (Å²) >= 11 is 6.51. The molecule has 0 bridgehead atoms. The Labute approximate surface area is 127 Å². The van der Waals surface area contributed by atoms with Crippen LogP contribution in [0.2, 0.25) is 0 Å². The summed E-state index contributed by atoms with van der Waals surface area (Å²) in [5.74, 6) is 1.09. The molecule has 3 nitrogen and oxygen atoms in total. The van der Waals surface area contributed by atoms with Gasteiger partial charge in [0.2, 0.25) is 0 Å². The van der Waals surface area contributed by atoms with Crippen molar-refractivity contribution < 1.29 is 4.79 Å². The van der Waals surface area contributed by atoms with Crippen molar-refractivity contribution in [3.8, 4) is 0 Å². The normalized spacial score (nSPS) is 10.1. The van der Waals surface area contributed by atoms with E-state index in [2.05, 4.69) is 10.3 Å². The van der Waals surface area contributed by atoms with Gasteiger partial charge in [-0.1, -0.05) is 54.3 Å². The third kappa shape index (κ3) is 4.15. The summed E-state index contributed by atoms with van der Waals surface area (Å²) in [6.45, 7) is 1.93. The van der Waals surface area contributed by atoms with Crippen molar-refractivity contribution >= 4 is 39.9 Å². The summed E-state index contributed by atoms with van der Waals surface area (Å²) in [6, 6.07) is 13.1. The molecule has 0 aliphatic rings. The van der Waals surface area contributed by atoms with Gasteiger partial charge >= 0.3 is 0 Å². The van der Waals surface area contributed by atoms with Crippen molar-refractivity contribution in [3.05, 3.63) is 59.8 Å². The van der Waals surface area contributed by atoms with Crippen molar-refractivity contribution in [3.63, 3.8) is 0 Å². The zero-order valence-electron chi connectivity index (χ0n) is 11.0. The van der Waals surface area contributed by atoms with Crippen LogP contribution in [0.25, 0.3) is 0 Å². The van der Waals surface area contributed by atoms with Crippen molar-refractivity contribution in [1.82, 2.24) is 4.98 Å². The van der Waals surface area contributed by atoms with Crippen LogP contribution in [-0.4, -0.2) is 20.8 Å². The summed E-state index contributed by atoms with van der Waals surface area (Å²) in [4.78, 5) is 16.2. The molecule has 0 saturated carbocycles. The first kappa shape index (κ1) is 14.7. The number of nitrogens with zero attached hydrogens (tertiary/aromatic N) is 1. The highest BCUT2D eigenvalue weighted by Crippen LogP contribution is 2.14. The minimum Gasteiger partial charge on any atom is -0.326 e. The van der Waals surface area contributed by atoms with Crippen LogP contribution < -0.4 is 5.32 Å². The molecule has 0 atom stereocenters. The molecule has 0 amide bonds. The minimum atomic E-state index is 0.0817. The number of nitrogens with one attached hydrogen (secondary N) is 1. The van der Waals surface area contributed by atoms with Crippen molar-refractivity contribution in [1.29, 1.82) is 0 Å². The molecule has 0 aliphatic heterocycles. The number of hydrogen-bond donors (Lipinski definition) is 1. The van der Waals surface area contributed by atoms with Gasteiger partial charge in [0, 0.05) is 11.8 Å². The van der Waals surface area contributed by atoms with Crippen LogP contribution in [0.15, 0.2) is 48.7 Å². The number of aryl methyl sites for hydroxylation is 1. The molecule has 2 aromatic rings. The maximum Gasteiger partial charge on any atom is 0.173 e. The van der Waals surface area contributed by atoms with E-state index in [9.17, 15) is 4.79 Å². The molecule has 1 aromatic heterocycles. The van der Waals surface area contributed by atoms with Crippen molar-refractivity contribution in [2.45, 2.75) is 6.92 Å². The van der Waals surface area contributed by atoms with Gasteiger partial charge in [-0.25, -0.2) is 4.98 Å². The SMILES string of the molecule is Cc1ccccc1C(=O)CSC(=S)Nc1ccccn1. The van der Waals surface area contributed by atoms with E-state index in [1.807, 2.05) is 49.4 Å². The Morgan fingerprint density at radius 3 is 2.70 bits per heavy atom. The molecular formula is C15H14N2OS2. The van der Waals surface area contributed by atoms with E-state index in [-0.39, 0.29) is 5.78 Å². The molecule has 5 heteroatoms. The molecule has 1 heterocycles. The molecule has 1 aromatic carbocycles. The molecule has 0 aliphatic carbocycles. The van der Waals surface area contributed by atoms with Crippen molar-refractivity contribution in [2.75, 3.05) is 11.1 Å². The predicted octanol–water partition coefficient (Wildman–Crippen LogP) is 3.70. The third-order valence-corrected chi connectivity index (χ3v) is 3.90. The molecule has 0 saturated heterocycles. The fourth-order valence-corrected chi connectivity index (χ4v) is 2.55. The molecule has 0 fully saturated rings. The maximum atomic E-state index is 12.1. The van der Waals surface area contributed by atoms with Gasteiger partial charge in [0.05, 0.1) is 5.75 Å². The lowest BCUT2D eigenvalue weighted by Gasteiger charge is -2.07. The molecule has 20 heavy (non-hydrogen) atoms. The van der Waals surface area contributed by atoms with Gasteiger partial charge in [0.15, 0.2) is 5.78 Å². The number of hydrogen-bond acceptors (Lipinski definition) is 4. The second kappa shape index (κ2) is 7.17. The Hall–Kier alpha value is -1.72. The first-order chi connectivity index (χ1) is 9.66. The Morgan fingerprint density at radius 2 is 2.00 bits per heavy atom. The fraction of sp³-hybridized carbons (Fsp3) is 0.133. The van der Waals surface area contributed by atoms with Gasteiger partial charge in [0.1, 0.15) is 10.1 Å². The summed E-state index contributed by atoms with van der Waals surface area (Å²) in [6.07, 6.45) is 1.69. The van der Waals surface area contributed by atoms with Crippen LogP contribution in [-0.2, 0) is 0 Å². The Bertz CT molecular complexity index is 614. The zero-order valence-corrected chi connectivity index (χ0v) is 12.6. The van der Waals surface area contributed by atoms with Gasteiger partial charge in [-0.3, -0.25) is 4.79 Å². The lowest BCUT2D eigenvalue weighted by molar-refractivity contribution is 0.102. The minimum absolute atomic E-state index is 0.0817. The smallest absolute Gasteiger partial charge is 0.173 e. The number of aromatic nitrogens is 1. The number of thiocarbonyl (C=S) groups is 1. The van der Waals surface area contributed by atoms with E-state index < -0.39 is 0 Å². The highest BCUT2D eigenvalue weighted by molar-refractivity contribution is 8.23. The Kier molecular flexibility index (Phi) is 5.26. The summed E-state index contributed by atoms with van der Waals surface area (Å²) in [5.41, 5.74) is 1.74. The lowest BCUT2D eigenvalue weighted by Crippen LogP contribution is -2.11. The average Bonchev–Trinajstić information content (AvgIpc) is 2.46. The van der Waals surface area contributed by atoms with Gasteiger partial charge in [-0.2, -0.15) is 0 Å². The summed E-state index contributed by atoms with van der Waals surface area (Å²) in [7, 11) is 0. The molecule has 0 spiro atoms. The standard InChI is InChI=1S/C15H14N2OS2/c1-11-6-2-3-7-12(11)13(18)10-20-15(19)17-14-8-4-5-9-16-14/h2-9H,10H2,1H3,(H,16,17,19). The third-order valence-electron chi connectivity index (χ3n) is 2.67. The van der Waals surface area contributed by atoms with Crippen LogP contribution >= 0.6 is 24.0 Å². The van der Waals surface area contributed by atoms with Gasteiger partial charge in [-0.05, 0) is 24.6 Å². The average molecular weight is 302 g/mol. The van der Waals surface area contributed by atoms with Gasteiger partial charge < -0.3 is 5.32 Å². The number of benzene rings is 1. The Morgan fingerprint density at radius 1 is 1.25 bits per heavy atom. The topological polar surface area (TPSA) is 42.0 Å². The largest absolute Gasteiger partial charge is 0.326 e. The van der Waals surface area contributed by atoms with E-state index in [0.717, 1.165) is 11.1 Å². The van der Waals surface area contributed by atoms with E-state index in [4.69, 9.17) is 12.2 Å². The number of carbonyl (C=O) groups is 1. The number of carbonyl (C=O) groups excluding carboxylic acids is 1. The number of anilines is 1. The molecule has 0 unspecified atom stereocenters. The zero-order chi connectivity index (χ0) is 14.4. The van der Waals surface area contributed by atoms with Crippen molar-refractivity contribution in [2.24, 2.45) is 0 Å². The van der Waals surface area contributed by atoms with E-state index in [1.165, 1.54) is 11.8 Å². The van der Waals surface area contributed by atoms with E-state index in [0.29, 0.717) is 15.9 Å². The fourth-order valence-electron chi connectivity index (χ4n) is 1.67. The number of rotatable bonds is 4. The quantitative estimate of drug-likeness (QED) is 0.689. The molecule has 102 valence electrons. The number of thioether (sulfide) groups is 1. The van der Waals surface area contributed by atoms with E-state index >= 15 is 0 Å². The van der Waals surface area contributed by atoms with E-state index in [1.54, 1.807) is 6.20 Å². The highest BCUT2D eigenvalue weighted by Gasteiger charge is 2.10. The van der Waals surface area contributed by atoms with Crippen LogP contribution in [0.3, 0.4) is 0 Å². The molecule has 0 radical (unpaired) electrons. The van der Waals surface area contributed by atoms with Crippen LogP contribution in [0.4, 0.5) is 5.82 Å². The predicted molar refractivity (Wildman–Crippen MR) is 88.4 cm³/mol. The molecule has 2 rings (SSSR count). The number of Topliss-reactive ketones (excluding diaryl/α,β-unsaturated/α-hetero) is 1. The first-order valence-electron chi connectivity index (χ1n) is 6.10. The lowest BCUT2D eigenvalue weighted by atomic mass is 10.1.